The number of rotatable bonds is 3. The van der Waals surface area contributed by atoms with Gasteiger partial charge in [0.1, 0.15) is 4.60 Å². The third-order valence-corrected chi connectivity index (χ3v) is 2.96. The molecule has 1 nitrogen and oxygen atoms in total. The van der Waals surface area contributed by atoms with Crippen LogP contribution >= 0.6 is 15.9 Å². The van der Waals surface area contributed by atoms with Gasteiger partial charge in [-0.25, -0.2) is 4.98 Å². The van der Waals surface area contributed by atoms with Crippen LogP contribution in [0.5, 0.6) is 0 Å². The van der Waals surface area contributed by atoms with Gasteiger partial charge in [-0.05, 0) is 39.9 Å². The summed E-state index contributed by atoms with van der Waals surface area (Å²) in [6, 6.07) is 6.15. The normalized spacial score (nSPS) is 11.7. The monoisotopic (exact) mass is 255 g/mol. The summed E-state index contributed by atoms with van der Waals surface area (Å²) in [5.74, 6) is 1.82. The molecule has 1 rings (SSSR count). The van der Waals surface area contributed by atoms with Gasteiger partial charge in [0.05, 0.1) is 0 Å². The van der Waals surface area contributed by atoms with E-state index in [0.29, 0.717) is 17.8 Å². The first-order valence-electron chi connectivity index (χ1n) is 5.14. The van der Waals surface area contributed by atoms with Crippen LogP contribution < -0.4 is 0 Å². The van der Waals surface area contributed by atoms with Crippen molar-refractivity contribution in [3.8, 4) is 0 Å². The van der Waals surface area contributed by atoms with E-state index in [-0.39, 0.29) is 0 Å². The highest BCUT2D eigenvalue weighted by Crippen LogP contribution is 2.30. The summed E-state index contributed by atoms with van der Waals surface area (Å²) in [5.41, 5.74) is 1.20. The molecule has 1 aromatic heterocycles. The second-order valence-electron chi connectivity index (χ2n) is 4.40. The van der Waals surface area contributed by atoms with E-state index in [1.54, 1.807) is 0 Å². The zero-order chi connectivity index (χ0) is 10.7. The van der Waals surface area contributed by atoms with E-state index < -0.39 is 0 Å². The van der Waals surface area contributed by atoms with Gasteiger partial charge in [0, 0.05) is 11.6 Å². The molecule has 0 N–H and O–H groups in total. The second kappa shape index (κ2) is 4.92. The fourth-order valence-corrected chi connectivity index (χ4v) is 2.42. The Kier molecular flexibility index (Phi) is 4.11. The van der Waals surface area contributed by atoms with E-state index in [4.69, 9.17) is 0 Å². The predicted molar refractivity (Wildman–Crippen MR) is 64.4 cm³/mol. The topological polar surface area (TPSA) is 12.9 Å². The zero-order valence-electron chi connectivity index (χ0n) is 9.29. The molecule has 14 heavy (non-hydrogen) atoms. The summed E-state index contributed by atoms with van der Waals surface area (Å²) in [6.07, 6.45) is 0. The van der Waals surface area contributed by atoms with Crippen LogP contribution in [-0.2, 0) is 0 Å². The first-order chi connectivity index (χ1) is 6.52. The van der Waals surface area contributed by atoms with E-state index in [2.05, 4.69) is 60.7 Å². The average molecular weight is 256 g/mol. The third kappa shape index (κ3) is 2.81. The van der Waals surface area contributed by atoms with Crippen molar-refractivity contribution in [2.45, 2.75) is 33.6 Å². The van der Waals surface area contributed by atoms with Crippen LogP contribution in [0.3, 0.4) is 0 Å². The van der Waals surface area contributed by atoms with Crippen LogP contribution in [0.4, 0.5) is 0 Å². The molecule has 0 aliphatic heterocycles. The van der Waals surface area contributed by atoms with Crippen LogP contribution in [0.25, 0.3) is 0 Å². The maximum atomic E-state index is 4.53. The minimum Gasteiger partial charge on any atom is -0.246 e. The maximum Gasteiger partial charge on any atom is 0.106 e. The van der Waals surface area contributed by atoms with Crippen molar-refractivity contribution in [2.75, 3.05) is 0 Å². The SMILES string of the molecule is CC(C)C(c1cccc(Br)n1)C(C)C. The molecular formula is C12H18BrN. The molecule has 0 aliphatic carbocycles. The zero-order valence-corrected chi connectivity index (χ0v) is 10.9. The van der Waals surface area contributed by atoms with Gasteiger partial charge in [0.2, 0.25) is 0 Å². The smallest absolute Gasteiger partial charge is 0.106 e. The second-order valence-corrected chi connectivity index (χ2v) is 5.21. The van der Waals surface area contributed by atoms with Crippen molar-refractivity contribution in [3.05, 3.63) is 28.5 Å². The summed E-state index contributed by atoms with van der Waals surface area (Å²) >= 11 is 3.42. The van der Waals surface area contributed by atoms with E-state index in [9.17, 15) is 0 Å². The van der Waals surface area contributed by atoms with E-state index in [1.807, 2.05) is 6.07 Å². The molecule has 0 saturated heterocycles. The lowest BCUT2D eigenvalue weighted by molar-refractivity contribution is 0.379. The van der Waals surface area contributed by atoms with Gasteiger partial charge < -0.3 is 0 Å². The Bertz CT molecular complexity index is 286. The van der Waals surface area contributed by atoms with Crippen LogP contribution in [-0.4, -0.2) is 4.98 Å². The molecule has 0 aromatic carbocycles. The highest BCUT2D eigenvalue weighted by Gasteiger charge is 2.20. The molecule has 0 fully saturated rings. The molecular weight excluding hydrogens is 238 g/mol. The first kappa shape index (κ1) is 11.7. The fraction of sp³-hybridized carbons (Fsp3) is 0.583. The largest absolute Gasteiger partial charge is 0.246 e. The van der Waals surface area contributed by atoms with Crippen molar-refractivity contribution in [2.24, 2.45) is 11.8 Å². The summed E-state index contributed by atoms with van der Waals surface area (Å²) in [4.78, 5) is 4.53. The Morgan fingerprint density at radius 2 is 1.64 bits per heavy atom. The minimum atomic E-state index is 0.549. The average Bonchev–Trinajstić information content (AvgIpc) is 2.02. The molecule has 1 aromatic rings. The Hall–Kier alpha value is -0.370. The molecule has 1 heterocycles. The molecule has 0 atom stereocenters. The number of halogens is 1. The van der Waals surface area contributed by atoms with Gasteiger partial charge in [-0.3, -0.25) is 0 Å². The highest BCUT2D eigenvalue weighted by atomic mass is 79.9. The molecule has 78 valence electrons. The quantitative estimate of drug-likeness (QED) is 0.737. The summed E-state index contributed by atoms with van der Waals surface area (Å²) in [5, 5.41) is 0. The molecule has 0 amide bonds. The number of hydrogen-bond donors (Lipinski definition) is 0. The lowest BCUT2D eigenvalue weighted by atomic mass is 9.83. The number of aromatic nitrogens is 1. The minimum absolute atomic E-state index is 0.549. The van der Waals surface area contributed by atoms with Crippen LogP contribution in [0.2, 0.25) is 0 Å². The summed E-state index contributed by atoms with van der Waals surface area (Å²) in [7, 11) is 0. The Labute approximate surface area is 95.1 Å². The molecule has 0 spiro atoms. The Morgan fingerprint density at radius 3 is 2.07 bits per heavy atom. The number of pyridine rings is 1. The van der Waals surface area contributed by atoms with Gasteiger partial charge in [-0.1, -0.05) is 33.8 Å². The van der Waals surface area contributed by atoms with Crippen LogP contribution in [0.1, 0.15) is 39.3 Å². The molecule has 0 radical (unpaired) electrons. The van der Waals surface area contributed by atoms with Crippen LogP contribution in [0, 0.1) is 11.8 Å². The standard InChI is InChI=1S/C12H18BrN/c1-8(2)12(9(3)4)10-6-5-7-11(13)14-10/h5-9,12H,1-4H3. The molecule has 0 bridgehead atoms. The van der Waals surface area contributed by atoms with Gasteiger partial charge in [-0.2, -0.15) is 0 Å². The summed E-state index contributed by atoms with van der Waals surface area (Å²) in [6.45, 7) is 9.03. The lowest BCUT2D eigenvalue weighted by Gasteiger charge is -2.24. The van der Waals surface area contributed by atoms with Crippen molar-refractivity contribution in [1.82, 2.24) is 4.98 Å². The molecule has 2 heteroatoms. The molecule has 0 saturated carbocycles. The number of nitrogens with zero attached hydrogens (tertiary/aromatic N) is 1. The van der Waals surface area contributed by atoms with Gasteiger partial charge in [0.15, 0.2) is 0 Å². The summed E-state index contributed by atoms with van der Waals surface area (Å²) < 4.78 is 0.932. The fourth-order valence-electron chi connectivity index (χ4n) is 2.06. The third-order valence-electron chi connectivity index (χ3n) is 2.51. The Balaban J connectivity index is 2.99. The highest BCUT2D eigenvalue weighted by molar-refractivity contribution is 9.10. The lowest BCUT2D eigenvalue weighted by Crippen LogP contribution is -2.14. The van der Waals surface area contributed by atoms with Crippen molar-refractivity contribution in [1.29, 1.82) is 0 Å². The van der Waals surface area contributed by atoms with Crippen molar-refractivity contribution < 1.29 is 0 Å². The Morgan fingerprint density at radius 1 is 1.07 bits per heavy atom. The van der Waals surface area contributed by atoms with E-state index >= 15 is 0 Å². The molecule has 0 unspecified atom stereocenters. The van der Waals surface area contributed by atoms with Gasteiger partial charge >= 0.3 is 0 Å². The predicted octanol–water partition coefficient (Wildman–Crippen LogP) is 4.24. The van der Waals surface area contributed by atoms with Gasteiger partial charge in [0.25, 0.3) is 0 Å². The van der Waals surface area contributed by atoms with Gasteiger partial charge in [-0.15, -0.1) is 0 Å². The van der Waals surface area contributed by atoms with Crippen molar-refractivity contribution in [3.63, 3.8) is 0 Å². The van der Waals surface area contributed by atoms with E-state index in [1.165, 1.54) is 5.69 Å². The first-order valence-corrected chi connectivity index (χ1v) is 5.94. The maximum absolute atomic E-state index is 4.53. The van der Waals surface area contributed by atoms with Crippen molar-refractivity contribution >= 4 is 15.9 Å². The van der Waals surface area contributed by atoms with Crippen LogP contribution in [0.15, 0.2) is 22.8 Å². The molecule has 0 aliphatic rings. The van der Waals surface area contributed by atoms with E-state index in [0.717, 1.165) is 4.60 Å². The number of hydrogen-bond acceptors (Lipinski definition) is 1.